The van der Waals surface area contributed by atoms with Crippen molar-refractivity contribution in [2.45, 2.75) is 51.2 Å². The van der Waals surface area contributed by atoms with Crippen LogP contribution in [0, 0.1) is 6.92 Å². The minimum atomic E-state index is -1.74. The molecule has 0 aliphatic carbocycles. The van der Waals surface area contributed by atoms with Crippen LogP contribution >= 0.6 is 15.9 Å². The molecule has 0 radical (unpaired) electrons. The van der Waals surface area contributed by atoms with Gasteiger partial charge in [0, 0.05) is 10.9 Å². The van der Waals surface area contributed by atoms with Gasteiger partial charge in [0.2, 0.25) is 8.32 Å². The summed E-state index contributed by atoms with van der Waals surface area (Å²) in [7, 11) is -1.74. The number of benzene rings is 1. The normalized spacial score (nSPS) is 12.6. The monoisotopic (exact) mass is 314 g/mol. The Morgan fingerprint density at radius 1 is 1.24 bits per heavy atom. The Morgan fingerprint density at radius 2 is 1.82 bits per heavy atom. The van der Waals surface area contributed by atoms with E-state index < -0.39 is 8.32 Å². The predicted molar refractivity (Wildman–Crippen MR) is 81.6 cm³/mol. The van der Waals surface area contributed by atoms with Gasteiger partial charge in [-0.25, -0.2) is 0 Å². The van der Waals surface area contributed by atoms with E-state index in [1.54, 1.807) is 0 Å². The summed E-state index contributed by atoms with van der Waals surface area (Å²) in [5.74, 6) is 1.05. The topological polar surface area (TPSA) is 9.23 Å². The molecule has 0 amide bonds. The molecule has 0 saturated carbocycles. The lowest BCUT2D eigenvalue weighted by atomic mass is 10.1. The predicted octanol–water partition coefficient (Wildman–Crippen LogP) is 5.27. The van der Waals surface area contributed by atoms with Crippen molar-refractivity contribution in [3.63, 3.8) is 0 Å². The highest BCUT2D eigenvalue weighted by Crippen LogP contribution is 2.38. The van der Waals surface area contributed by atoms with Crippen molar-refractivity contribution in [1.29, 1.82) is 0 Å². The van der Waals surface area contributed by atoms with E-state index in [9.17, 15) is 0 Å². The molecule has 1 aromatic rings. The molecule has 0 atom stereocenters. The van der Waals surface area contributed by atoms with Crippen LogP contribution in [0.5, 0.6) is 5.75 Å². The molecule has 0 aliphatic rings. The third-order valence-electron chi connectivity index (χ3n) is 3.54. The van der Waals surface area contributed by atoms with E-state index in [2.05, 4.69) is 74.9 Å². The summed E-state index contributed by atoms with van der Waals surface area (Å²) in [6.45, 7) is 13.5. The Bertz CT molecular complexity index is 394. The first-order chi connectivity index (χ1) is 7.67. The highest BCUT2D eigenvalue weighted by molar-refractivity contribution is 9.08. The maximum atomic E-state index is 6.38. The van der Waals surface area contributed by atoms with E-state index in [0.29, 0.717) is 0 Å². The Hall–Kier alpha value is -0.283. The standard InChI is InChI=1S/C14H23BrOSi/c1-11-7-8-12(10-15)13(9-11)16-17(5,6)14(2,3)4/h7-9H,10H2,1-6H3. The maximum absolute atomic E-state index is 6.38. The summed E-state index contributed by atoms with van der Waals surface area (Å²) < 4.78 is 6.38. The van der Waals surface area contributed by atoms with E-state index >= 15 is 0 Å². The van der Waals surface area contributed by atoms with Crippen LogP contribution in [0.2, 0.25) is 18.1 Å². The van der Waals surface area contributed by atoms with Gasteiger partial charge in [-0.15, -0.1) is 0 Å². The average Bonchev–Trinajstić information content (AvgIpc) is 2.15. The lowest BCUT2D eigenvalue weighted by molar-refractivity contribution is 0.488. The third-order valence-corrected chi connectivity index (χ3v) is 8.48. The van der Waals surface area contributed by atoms with Crippen molar-refractivity contribution in [2.75, 3.05) is 0 Å². The van der Waals surface area contributed by atoms with Gasteiger partial charge in [-0.05, 0) is 36.7 Å². The summed E-state index contributed by atoms with van der Waals surface area (Å²) in [6, 6.07) is 6.43. The molecule has 1 rings (SSSR count). The van der Waals surface area contributed by atoms with E-state index in [0.717, 1.165) is 11.1 Å². The third kappa shape index (κ3) is 3.59. The molecular weight excluding hydrogens is 292 g/mol. The van der Waals surface area contributed by atoms with Crippen LogP contribution < -0.4 is 4.43 Å². The van der Waals surface area contributed by atoms with Gasteiger partial charge in [-0.2, -0.15) is 0 Å². The van der Waals surface area contributed by atoms with Crippen LogP contribution in [0.4, 0.5) is 0 Å². The lowest BCUT2D eigenvalue weighted by Gasteiger charge is -2.37. The van der Waals surface area contributed by atoms with E-state index in [1.165, 1.54) is 11.1 Å². The molecule has 0 N–H and O–H groups in total. The van der Waals surface area contributed by atoms with Crippen molar-refractivity contribution < 1.29 is 4.43 Å². The SMILES string of the molecule is Cc1ccc(CBr)c(O[Si](C)(C)C(C)(C)C)c1. The fraction of sp³-hybridized carbons (Fsp3) is 0.571. The molecule has 0 bridgehead atoms. The molecule has 0 fully saturated rings. The fourth-order valence-electron chi connectivity index (χ4n) is 1.30. The Labute approximate surface area is 115 Å². The zero-order valence-electron chi connectivity index (χ0n) is 11.7. The molecule has 17 heavy (non-hydrogen) atoms. The van der Waals surface area contributed by atoms with Crippen molar-refractivity contribution in [3.8, 4) is 5.75 Å². The number of alkyl halides is 1. The summed E-state index contributed by atoms with van der Waals surface area (Å²) in [4.78, 5) is 0. The fourth-order valence-corrected chi connectivity index (χ4v) is 2.80. The average molecular weight is 315 g/mol. The zero-order chi connectivity index (χ0) is 13.3. The number of hydrogen-bond acceptors (Lipinski definition) is 1. The quantitative estimate of drug-likeness (QED) is 0.545. The highest BCUT2D eigenvalue weighted by Gasteiger charge is 2.39. The first-order valence-electron chi connectivity index (χ1n) is 6.02. The van der Waals surface area contributed by atoms with Crippen LogP contribution in [-0.2, 0) is 5.33 Å². The van der Waals surface area contributed by atoms with E-state index in [-0.39, 0.29) is 5.04 Å². The second-order valence-electron chi connectivity index (χ2n) is 6.11. The van der Waals surface area contributed by atoms with Gasteiger partial charge >= 0.3 is 0 Å². The molecule has 96 valence electrons. The smallest absolute Gasteiger partial charge is 0.250 e. The molecule has 1 aromatic carbocycles. The number of aryl methyl sites for hydroxylation is 1. The highest BCUT2D eigenvalue weighted by atomic mass is 79.9. The van der Waals surface area contributed by atoms with Crippen LogP contribution in [0.25, 0.3) is 0 Å². The van der Waals surface area contributed by atoms with Gasteiger partial charge in [0.05, 0.1) is 0 Å². The van der Waals surface area contributed by atoms with Crippen molar-refractivity contribution >= 4 is 24.2 Å². The second kappa shape index (κ2) is 5.15. The van der Waals surface area contributed by atoms with Gasteiger partial charge in [-0.3, -0.25) is 0 Å². The van der Waals surface area contributed by atoms with Crippen LogP contribution in [0.15, 0.2) is 18.2 Å². The van der Waals surface area contributed by atoms with Crippen molar-refractivity contribution in [2.24, 2.45) is 0 Å². The Kier molecular flexibility index (Phi) is 4.47. The minimum Gasteiger partial charge on any atom is -0.543 e. The number of hydrogen-bond donors (Lipinski definition) is 0. The molecule has 0 aliphatic heterocycles. The van der Waals surface area contributed by atoms with Crippen LogP contribution in [0.3, 0.4) is 0 Å². The summed E-state index contributed by atoms with van der Waals surface area (Å²) in [5.41, 5.74) is 2.49. The summed E-state index contributed by atoms with van der Waals surface area (Å²) in [5, 5.41) is 1.08. The first kappa shape index (κ1) is 14.8. The number of halogens is 1. The summed E-state index contributed by atoms with van der Waals surface area (Å²) >= 11 is 3.53. The van der Waals surface area contributed by atoms with E-state index in [1.807, 2.05) is 0 Å². The molecule has 3 heteroatoms. The van der Waals surface area contributed by atoms with E-state index in [4.69, 9.17) is 4.43 Å². The van der Waals surface area contributed by atoms with Crippen LogP contribution in [-0.4, -0.2) is 8.32 Å². The Morgan fingerprint density at radius 3 is 2.29 bits per heavy atom. The van der Waals surface area contributed by atoms with Crippen molar-refractivity contribution in [3.05, 3.63) is 29.3 Å². The zero-order valence-corrected chi connectivity index (χ0v) is 14.3. The van der Waals surface area contributed by atoms with Gasteiger partial charge < -0.3 is 4.43 Å². The van der Waals surface area contributed by atoms with Crippen LogP contribution in [0.1, 0.15) is 31.9 Å². The second-order valence-corrected chi connectivity index (χ2v) is 11.4. The minimum absolute atomic E-state index is 0.236. The van der Waals surface area contributed by atoms with Gasteiger partial charge in [-0.1, -0.05) is 48.8 Å². The maximum Gasteiger partial charge on any atom is 0.250 e. The first-order valence-corrected chi connectivity index (χ1v) is 10.0. The summed E-state index contributed by atoms with van der Waals surface area (Å²) in [6.07, 6.45) is 0. The molecule has 0 aromatic heterocycles. The molecule has 0 heterocycles. The molecule has 0 saturated heterocycles. The Balaban J connectivity index is 3.06. The number of rotatable bonds is 3. The van der Waals surface area contributed by atoms with Gasteiger partial charge in [0.25, 0.3) is 0 Å². The largest absolute Gasteiger partial charge is 0.543 e. The molecule has 0 spiro atoms. The molecule has 0 unspecified atom stereocenters. The lowest BCUT2D eigenvalue weighted by Crippen LogP contribution is -2.44. The van der Waals surface area contributed by atoms with Gasteiger partial charge in [0.15, 0.2) is 0 Å². The van der Waals surface area contributed by atoms with Gasteiger partial charge in [0.1, 0.15) is 5.75 Å². The molecule has 1 nitrogen and oxygen atoms in total. The van der Waals surface area contributed by atoms with Crippen molar-refractivity contribution in [1.82, 2.24) is 0 Å². The molecular formula is C14H23BrOSi.